The van der Waals surface area contributed by atoms with E-state index in [1.807, 2.05) is 0 Å². The van der Waals surface area contributed by atoms with Crippen molar-refractivity contribution in [1.29, 1.82) is 0 Å². The fraction of sp³-hybridized carbons (Fsp3) is 0.278. The Bertz CT molecular complexity index is 696. The first-order valence-electron chi connectivity index (χ1n) is 7.66. The van der Waals surface area contributed by atoms with E-state index in [2.05, 4.69) is 43.7 Å². The maximum absolute atomic E-state index is 12.2. The van der Waals surface area contributed by atoms with Gasteiger partial charge in [0.1, 0.15) is 6.54 Å². The molecule has 0 spiro atoms. The highest BCUT2D eigenvalue weighted by atomic mass is 16.7. The lowest BCUT2D eigenvalue weighted by molar-refractivity contribution is -0.872. The lowest BCUT2D eigenvalue weighted by Gasteiger charge is -2.09. The van der Waals surface area contributed by atoms with E-state index >= 15 is 0 Å². The molecule has 1 aliphatic rings. The molecule has 120 valence electrons. The average Bonchev–Trinajstić information content (AvgIpc) is 3.01. The van der Waals surface area contributed by atoms with Gasteiger partial charge in [0.15, 0.2) is 11.5 Å². The number of quaternary nitrogens is 1. The zero-order chi connectivity index (χ0) is 16.2. The van der Waals surface area contributed by atoms with E-state index in [4.69, 9.17) is 9.47 Å². The Hall–Kier alpha value is -2.53. The third kappa shape index (κ3) is 3.81. The minimum Gasteiger partial charge on any atom is -0.454 e. The summed E-state index contributed by atoms with van der Waals surface area (Å²) in [5, 5.41) is 2.93. The van der Waals surface area contributed by atoms with Crippen LogP contribution < -0.4 is 19.7 Å². The van der Waals surface area contributed by atoms with Crippen LogP contribution in [0.15, 0.2) is 42.5 Å². The predicted molar refractivity (Wildman–Crippen MR) is 86.7 cm³/mol. The van der Waals surface area contributed by atoms with Crippen LogP contribution in [0.4, 0.5) is 0 Å². The molecule has 2 aromatic rings. The summed E-state index contributed by atoms with van der Waals surface area (Å²) in [5.41, 5.74) is 2.94. The van der Waals surface area contributed by atoms with Gasteiger partial charge in [-0.1, -0.05) is 24.3 Å². The Kier molecular flexibility index (Phi) is 4.48. The van der Waals surface area contributed by atoms with Crippen LogP contribution in [-0.2, 0) is 13.1 Å². The monoisotopic (exact) mass is 313 g/mol. The third-order valence-electron chi connectivity index (χ3n) is 3.67. The van der Waals surface area contributed by atoms with Crippen molar-refractivity contribution in [1.82, 2.24) is 5.32 Å². The van der Waals surface area contributed by atoms with Crippen molar-refractivity contribution in [2.45, 2.75) is 13.1 Å². The molecule has 3 rings (SSSR count). The van der Waals surface area contributed by atoms with Gasteiger partial charge in [0.25, 0.3) is 5.91 Å². The first-order chi connectivity index (χ1) is 11.1. The van der Waals surface area contributed by atoms with Gasteiger partial charge in [0.05, 0.1) is 14.1 Å². The summed E-state index contributed by atoms with van der Waals surface area (Å²) in [7, 11) is 4.25. The molecular weight excluding hydrogens is 292 g/mol. The molecule has 1 aliphatic heterocycles. The fourth-order valence-electron chi connectivity index (χ4n) is 2.51. The number of hydrogen-bond acceptors (Lipinski definition) is 3. The van der Waals surface area contributed by atoms with Crippen molar-refractivity contribution in [3.05, 3.63) is 59.2 Å². The molecular formula is C18H21N2O3+. The van der Waals surface area contributed by atoms with E-state index in [0.717, 1.165) is 12.1 Å². The van der Waals surface area contributed by atoms with Crippen LogP contribution in [-0.4, -0.2) is 26.8 Å². The van der Waals surface area contributed by atoms with Crippen LogP contribution in [0.5, 0.6) is 11.5 Å². The van der Waals surface area contributed by atoms with E-state index in [1.165, 1.54) is 10.5 Å². The van der Waals surface area contributed by atoms with Gasteiger partial charge in [-0.2, -0.15) is 0 Å². The maximum Gasteiger partial charge on any atom is 0.251 e. The molecule has 0 saturated carbocycles. The van der Waals surface area contributed by atoms with Gasteiger partial charge in [0, 0.05) is 17.7 Å². The average molecular weight is 313 g/mol. The third-order valence-corrected chi connectivity index (χ3v) is 3.67. The summed E-state index contributed by atoms with van der Waals surface area (Å²) in [6.07, 6.45) is 0. The van der Waals surface area contributed by atoms with Crippen molar-refractivity contribution >= 4 is 5.91 Å². The lowest BCUT2D eigenvalue weighted by atomic mass is 10.1. The van der Waals surface area contributed by atoms with Crippen molar-refractivity contribution in [2.75, 3.05) is 20.9 Å². The first-order valence-corrected chi connectivity index (χ1v) is 7.66. The summed E-state index contributed by atoms with van der Waals surface area (Å²) >= 11 is 0. The molecule has 0 fully saturated rings. The smallest absolute Gasteiger partial charge is 0.251 e. The lowest BCUT2D eigenvalue weighted by Crippen LogP contribution is -3.04. The summed E-state index contributed by atoms with van der Waals surface area (Å²) in [4.78, 5) is 13.6. The van der Waals surface area contributed by atoms with Gasteiger partial charge in [0.2, 0.25) is 6.79 Å². The highest BCUT2D eigenvalue weighted by molar-refractivity contribution is 5.94. The van der Waals surface area contributed by atoms with Crippen LogP contribution in [0.1, 0.15) is 21.5 Å². The molecule has 1 heterocycles. The maximum atomic E-state index is 12.2. The SMILES string of the molecule is C[NH+](C)Cc1ccc(CNC(=O)c2ccc3c(c2)OCO3)cc1. The Morgan fingerprint density at radius 1 is 1.04 bits per heavy atom. The molecule has 0 aliphatic carbocycles. The second-order valence-corrected chi connectivity index (χ2v) is 5.95. The summed E-state index contributed by atoms with van der Waals surface area (Å²) in [6.45, 7) is 1.70. The molecule has 5 heteroatoms. The summed E-state index contributed by atoms with van der Waals surface area (Å²) in [6, 6.07) is 13.5. The molecule has 1 amide bonds. The van der Waals surface area contributed by atoms with E-state index in [-0.39, 0.29) is 12.7 Å². The normalized spacial score (nSPS) is 12.5. The number of carbonyl (C=O) groups excluding carboxylic acids is 1. The fourth-order valence-corrected chi connectivity index (χ4v) is 2.51. The zero-order valence-electron chi connectivity index (χ0n) is 13.4. The highest BCUT2D eigenvalue weighted by Crippen LogP contribution is 2.32. The molecule has 0 atom stereocenters. The molecule has 0 radical (unpaired) electrons. The van der Waals surface area contributed by atoms with Crippen molar-refractivity contribution < 1.29 is 19.2 Å². The zero-order valence-corrected chi connectivity index (χ0v) is 13.4. The summed E-state index contributed by atoms with van der Waals surface area (Å²) in [5.74, 6) is 1.18. The number of hydrogen-bond donors (Lipinski definition) is 2. The van der Waals surface area contributed by atoms with Gasteiger partial charge in [-0.3, -0.25) is 4.79 Å². The van der Waals surface area contributed by atoms with E-state index in [9.17, 15) is 4.79 Å². The topological polar surface area (TPSA) is 52.0 Å². The van der Waals surface area contributed by atoms with Gasteiger partial charge in [-0.25, -0.2) is 0 Å². The van der Waals surface area contributed by atoms with Crippen LogP contribution in [0.3, 0.4) is 0 Å². The molecule has 0 bridgehead atoms. The number of amides is 1. The minimum atomic E-state index is -0.120. The molecule has 0 aromatic heterocycles. The van der Waals surface area contributed by atoms with Gasteiger partial charge in [-0.05, 0) is 23.8 Å². The molecule has 0 saturated heterocycles. The standard InChI is InChI=1S/C18H20N2O3/c1-20(2)11-14-5-3-13(4-6-14)10-19-18(21)15-7-8-16-17(9-15)23-12-22-16/h3-9H,10-12H2,1-2H3,(H,19,21)/p+1. The molecule has 0 unspecified atom stereocenters. The number of benzene rings is 2. The van der Waals surface area contributed by atoms with E-state index in [0.29, 0.717) is 23.6 Å². The number of fused-ring (bicyclic) bond motifs is 1. The second-order valence-electron chi connectivity index (χ2n) is 5.95. The largest absolute Gasteiger partial charge is 0.454 e. The van der Waals surface area contributed by atoms with E-state index in [1.54, 1.807) is 18.2 Å². The number of nitrogens with one attached hydrogen (secondary N) is 2. The number of carbonyl (C=O) groups is 1. The quantitative estimate of drug-likeness (QED) is 0.865. The Morgan fingerprint density at radius 2 is 1.74 bits per heavy atom. The van der Waals surface area contributed by atoms with Gasteiger partial charge < -0.3 is 19.7 Å². The van der Waals surface area contributed by atoms with Gasteiger partial charge >= 0.3 is 0 Å². The Labute approximate surface area is 135 Å². The Morgan fingerprint density at radius 3 is 2.48 bits per heavy atom. The molecule has 23 heavy (non-hydrogen) atoms. The van der Waals surface area contributed by atoms with Crippen molar-refractivity contribution in [2.24, 2.45) is 0 Å². The van der Waals surface area contributed by atoms with Crippen molar-refractivity contribution in [3.8, 4) is 11.5 Å². The molecule has 5 nitrogen and oxygen atoms in total. The Balaban J connectivity index is 1.58. The number of rotatable bonds is 5. The van der Waals surface area contributed by atoms with Gasteiger partial charge in [-0.15, -0.1) is 0 Å². The number of ether oxygens (including phenoxy) is 2. The van der Waals surface area contributed by atoms with Crippen molar-refractivity contribution in [3.63, 3.8) is 0 Å². The van der Waals surface area contributed by atoms with Crippen LogP contribution in [0.2, 0.25) is 0 Å². The first kappa shape index (κ1) is 15.4. The van der Waals surface area contributed by atoms with Crippen LogP contribution >= 0.6 is 0 Å². The predicted octanol–water partition coefficient (Wildman–Crippen LogP) is 0.990. The van der Waals surface area contributed by atoms with Crippen LogP contribution in [0.25, 0.3) is 0 Å². The van der Waals surface area contributed by atoms with E-state index < -0.39 is 0 Å². The minimum absolute atomic E-state index is 0.120. The molecule has 2 aromatic carbocycles. The van der Waals surface area contributed by atoms with Crippen LogP contribution in [0, 0.1) is 0 Å². The second kappa shape index (κ2) is 6.71. The summed E-state index contributed by atoms with van der Waals surface area (Å²) < 4.78 is 10.5. The highest BCUT2D eigenvalue weighted by Gasteiger charge is 2.16. The molecule has 2 N–H and O–H groups in total.